The van der Waals surface area contributed by atoms with E-state index in [1.807, 2.05) is 12.3 Å². The Bertz CT molecular complexity index is 483. The van der Waals surface area contributed by atoms with Crippen LogP contribution in [0.1, 0.15) is 10.7 Å². The van der Waals surface area contributed by atoms with Gasteiger partial charge in [-0.05, 0) is 13.0 Å². The predicted octanol–water partition coefficient (Wildman–Crippen LogP) is 1.42. The molecule has 0 radical (unpaired) electrons. The van der Waals surface area contributed by atoms with Crippen LogP contribution in [-0.4, -0.2) is 20.9 Å². The molecule has 0 bridgehead atoms. The number of carbonyl (C=O) groups is 1. The summed E-state index contributed by atoms with van der Waals surface area (Å²) in [5.41, 5.74) is 0.774. The van der Waals surface area contributed by atoms with E-state index in [0.29, 0.717) is 5.95 Å². The molecule has 0 atom stereocenters. The van der Waals surface area contributed by atoms with Gasteiger partial charge >= 0.3 is 0 Å². The van der Waals surface area contributed by atoms with Gasteiger partial charge in [-0.2, -0.15) is 0 Å². The normalized spacial score (nSPS) is 10.1. The standard InChI is InChI=1S/C10H10N4OS/c1-7-13-8(6-16-7)5-9(15)14-10-11-3-2-4-12-10/h2-4,6H,5H2,1H3,(H,11,12,14,15). The minimum atomic E-state index is -0.156. The minimum Gasteiger partial charge on any atom is -0.294 e. The maximum Gasteiger partial charge on any atom is 0.232 e. The first kappa shape index (κ1) is 10.7. The molecule has 2 aromatic rings. The van der Waals surface area contributed by atoms with Gasteiger partial charge in [-0.15, -0.1) is 11.3 Å². The molecule has 0 saturated heterocycles. The third kappa shape index (κ3) is 2.83. The molecule has 0 aliphatic carbocycles. The summed E-state index contributed by atoms with van der Waals surface area (Å²) < 4.78 is 0. The molecule has 0 aliphatic rings. The Morgan fingerprint density at radius 1 is 1.44 bits per heavy atom. The summed E-state index contributed by atoms with van der Waals surface area (Å²) in [6.07, 6.45) is 3.41. The molecule has 2 heterocycles. The molecule has 0 aliphatic heterocycles. The lowest BCUT2D eigenvalue weighted by Gasteiger charge is -2.00. The van der Waals surface area contributed by atoms with Crippen LogP contribution < -0.4 is 5.32 Å². The maximum absolute atomic E-state index is 11.6. The van der Waals surface area contributed by atoms with E-state index in [1.165, 1.54) is 11.3 Å². The summed E-state index contributed by atoms with van der Waals surface area (Å²) in [6.45, 7) is 1.91. The maximum atomic E-state index is 11.6. The van der Waals surface area contributed by atoms with Crippen molar-refractivity contribution in [2.75, 3.05) is 5.32 Å². The lowest BCUT2D eigenvalue weighted by atomic mass is 10.3. The first-order valence-electron chi connectivity index (χ1n) is 4.72. The first-order chi connectivity index (χ1) is 7.74. The summed E-state index contributed by atoms with van der Waals surface area (Å²) in [4.78, 5) is 23.6. The topological polar surface area (TPSA) is 67.8 Å². The van der Waals surface area contributed by atoms with Gasteiger partial charge in [0, 0.05) is 17.8 Å². The summed E-state index contributed by atoms with van der Waals surface area (Å²) in [7, 11) is 0. The zero-order valence-corrected chi connectivity index (χ0v) is 9.49. The second kappa shape index (κ2) is 4.80. The number of aryl methyl sites for hydroxylation is 1. The number of aromatic nitrogens is 3. The summed E-state index contributed by atoms with van der Waals surface area (Å²) in [5, 5.41) is 5.44. The lowest BCUT2D eigenvalue weighted by Crippen LogP contribution is -2.16. The molecular formula is C10H10N4OS. The van der Waals surface area contributed by atoms with E-state index in [9.17, 15) is 4.79 Å². The molecule has 16 heavy (non-hydrogen) atoms. The average Bonchev–Trinajstić information content (AvgIpc) is 2.65. The second-order valence-corrected chi connectivity index (χ2v) is 4.22. The summed E-state index contributed by atoms with van der Waals surface area (Å²) in [6, 6.07) is 1.69. The number of thiazole rings is 1. The Hall–Kier alpha value is -1.82. The van der Waals surface area contributed by atoms with Crippen molar-refractivity contribution in [2.45, 2.75) is 13.3 Å². The third-order valence-corrected chi connectivity index (χ3v) is 2.65. The van der Waals surface area contributed by atoms with Gasteiger partial charge < -0.3 is 0 Å². The average molecular weight is 234 g/mol. The fraction of sp³-hybridized carbons (Fsp3) is 0.200. The second-order valence-electron chi connectivity index (χ2n) is 3.16. The largest absolute Gasteiger partial charge is 0.294 e. The van der Waals surface area contributed by atoms with Crippen molar-refractivity contribution >= 4 is 23.2 Å². The van der Waals surface area contributed by atoms with Crippen LogP contribution in [0, 0.1) is 6.92 Å². The van der Waals surface area contributed by atoms with Gasteiger partial charge in [-0.3, -0.25) is 10.1 Å². The van der Waals surface area contributed by atoms with E-state index < -0.39 is 0 Å². The number of amides is 1. The van der Waals surface area contributed by atoms with Crippen molar-refractivity contribution in [3.8, 4) is 0 Å². The van der Waals surface area contributed by atoms with Gasteiger partial charge in [-0.25, -0.2) is 15.0 Å². The van der Waals surface area contributed by atoms with E-state index in [0.717, 1.165) is 10.7 Å². The van der Waals surface area contributed by atoms with Crippen LogP contribution in [0.15, 0.2) is 23.8 Å². The SMILES string of the molecule is Cc1nc(CC(=O)Nc2ncccn2)cs1. The molecular weight excluding hydrogens is 224 g/mol. The monoisotopic (exact) mass is 234 g/mol. The van der Waals surface area contributed by atoms with Crippen molar-refractivity contribution in [1.29, 1.82) is 0 Å². The highest BCUT2D eigenvalue weighted by atomic mass is 32.1. The van der Waals surface area contributed by atoms with E-state index in [2.05, 4.69) is 20.3 Å². The molecule has 82 valence electrons. The van der Waals surface area contributed by atoms with Gasteiger partial charge in [-0.1, -0.05) is 0 Å². The Labute approximate surface area is 96.6 Å². The number of carbonyl (C=O) groups excluding carboxylic acids is 1. The van der Waals surface area contributed by atoms with Gasteiger partial charge in [0.1, 0.15) is 0 Å². The fourth-order valence-corrected chi connectivity index (χ4v) is 1.80. The van der Waals surface area contributed by atoms with Crippen LogP contribution in [0.4, 0.5) is 5.95 Å². The molecule has 6 heteroatoms. The minimum absolute atomic E-state index is 0.156. The molecule has 0 aromatic carbocycles. The molecule has 2 rings (SSSR count). The number of anilines is 1. The van der Waals surface area contributed by atoms with Crippen molar-refractivity contribution in [3.63, 3.8) is 0 Å². The van der Waals surface area contributed by atoms with E-state index >= 15 is 0 Å². The smallest absolute Gasteiger partial charge is 0.232 e. The Morgan fingerprint density at radius 2 is 2.19 bits per heavy atom. The van der Waals surface area contributed by atoms with E-state index in [1.54, 1.807) is 18.5 Å². The van der Waals surface area contributed by atoms with Crippen LogP contribution in [0.25, 0.3) is 0 Å². The zero-order chi connectivity index (χ0) is 11.4. The molecule has 0 saturated carbocycles. The molecule has 0 spiro atoms. The Kier molecular flexibility index (Phi) is 3.21. The van der Waals surface area contributed by atoms with Crippen molar-refractivity contribution < 1.29 is 4.79 Å². The third-order valence-electron chi connectivity index (χ3n) is 1.83. The molecule has 0 fully saturated rings. The number of nitrogens with one attached hydrogen (secondary N) is 1. The fourth-order valence-electron chi connectivity index (χ4n) is 1.19. The van der Waals surface area contributed by atoms with Crippen molar-refractivity contribution in [3.05, 3.63) is 34.5 Å². The quantitative estimate of drug-likeness (QED) is 0.872. The van der Waals surface area contributed by atoms with Gasteiger partial charge in [0.15, 0.2) is 0 Å². The van der Waals surface area contributed by atoms with E-state index in [-0.39, 0.29) is 12.3 Å². The van der Waals surface area contributed by atoms with Gasteiger partial charge in [0.2, 0.25) is 11.9 Å². The van der Waals surface area contributed by atoms with Crippen molar-refractivity contribution in [2.24, 2.45) is 0 Å². The predicted molar refractivity (Wildman–Crippen MR) is 61.2 cm³/mol. The highest BCUT2D eigenvalue weighted by Crippen LogP contribution is 2.08. The Morgan fingerprint density at radius 3 is 2.81 bits per heavy atom. The van der Waals surface area contributed by atoms with Gasteiger partial charge in [0.05, 0.1) is 17.1 Å². The number of hydrogen-bond acceptors (Lipinski definition) is 5. The molecule has 1 N–H and O–H groups in total. The van der Waals surface area contributed by atoms with Gasteiger partial charge in [0.25, 0.3) is 0 Å². The molecule has 1 amide bonds. The molecule has 2 aromatic heterocycles. The molecule has 5 nitrogen and oxygen atoms in total. The molecule has 0 unspecified atom stereocenters. The van der Waals surface area contributed by atoms with Crippen molar-refractivity contribution in [1.82, 2.24) is 15.0 Å². The highest BCUT2D eigenvalue weighted by Gasteiger charge is 2.07. The first-order valence-corrected chi connectivity index (χ1v) is 5.60. The van der Waals surface area contributed by atoms with Crippen LogP contribution in [0.3, 0.4) is 0 Å². The number of nitrogens with zero attached hydrogens (tertiary/aromatic N) is 3. The Balaban J connectivity index is 1.95. The van der Waals surface area contributed by atoms with E-state index in [4.69, 9.17) is 0 Å². The summed E-state index contributed by atoms with van der Waals surface area (Å²) in [5.74, 6) is 0.163. The highest BCUT2D eigenvalue weighted by molar-refractivity contribution is 7.09. The number of hydrogen-bond donors (Lipinski definition) is 1. The van der Waals surface area contributed by atoms with Crippen LogP contribution >= 0.6 is 11.3 Å². The lowest BCUT2D eigenvalue weighted by molar-refractivity contribution is -0.115. The van der Waals surface area contributed by atoms with Crippen LogP contribution in [-0.2, 0) is 11.2 Å². The zero-order valence-electron chi connectivity index (χ0n) is 8.67. The van der Waals surface area contributed by atoms with Crippen LogP contribution in [0.5, 0.6) is 0 Å². The summed E-state index contributed by atoms with van der Waals surface area (Å²) >= 11 is 1.53. The van der Waals surface area contributed by atoms with Crippen LogP contribution in [0.2, 0.25) is 0 Å². The number of rotatable bonds is 3.